The number of aliphatic hydroxyl groups excluding tert-OH is 1. The fourth-order valence-corrected chi connectivity index (χ4v) is 2.04. The van der Waals surface area contributed by atoms with Crippen LogP contribution in [0, 0.1) is 0 Å². The number of likely N-dealkylation sites (tertiary alicyclic amines) is 2. The number of carbonyl (C=O) groups excluding carboxylic acids is 1. The van der Waals surface area contributed by atoms with Crippen molar-refractivity contribution in [3.05, 3.63) is 0 Å². The van der Waals surface area contributed by atoms with Crippen LogP contribution in [0.25, 0.3) is 0 Å². The van der Waals surface area contributed by atoms with Gasteiger partial charge >= 0.3 is 0 Å². The number of aliphatic hydroxyl groups is 1. The fourth-order valence-electron chi connectivity index (χ4n) is 2.04. The van der Waals surface area contributed by atoms with E-state index in [1.807, 2.05) is 4.90 Å². The van der Waals surface area contributed by atoms with Crippen LogP contribution in [0.5, 0.6) is 0 Å². The van der Waals surface area contributed by atoms with Crippen LogP contribution in [-0.2, 0) is 4.79 Å². The Kier molecular flexibility index (Phi) is 2.26. The maximum atomic E-state index is 10.9. The van der Waals surface area contributed by atoms with Crippen molar-refractivity contribution in [3.63, 3.8) is 0 Å². The van der Waals surface area contributed by atoms with Gasteiger partial charge in [0.25, 0.3) is 0 Å². The molecule has 0 unspecified atom stereocenters. The molecule has 0 aromatic rings. The first-order valence-corrected chi connectivity index (χ1v) is 4.84. The maximum absolute atomic E-state index is 10.9. The van der Waals surface area contributed by atoms with Crippen molar-refractivity contribution in [3.8, 4) is 0 Å². The summed E-state index contributed by atoms with van der Waals surface area (Å²) in [6, 6.07) is 0.501. The molecule has 2 heterocycles. The Labute approximate surface area is 78.1 Å². The fraction of sp³-hybridized carbons (Fsp3) is 0.889. The molecule has 1 atom stereocenters. The third-order valence-electron chi connectivity index (χ3n) is 3.02. The third kappa shape index (κ3) is 1.69. The summed E-state index contributed by atoms with van der Waals surface area (Å²) in [6.07, 6.45) is 0.739. The second kappa shape index (κ2) is 3.27. The summed E-state index contributed by atoms with van der Waals surface area (Å²) >= 11 is 0. The molecule has 0 radical (unpaired) electrons. The molecule has 0 aromatic heterocycles. The van der Waals surface area contributed by atoms with E-state index in [9.17, 15) is 9.90 Å². The summed E-state index contributed by atoms with van der Waals surface area (Å²) in [5, 5.41) is 9.32. The zero-order valence-electron chi connectivity index (χ0n) is 7.94. The monoisotopic (exact) mass is 184 g/mol. The van der Waals surface area contributed by atoms with Crippen LogP contribution in [0.2, 0.25) is 0 Å². The zero-order chi connectivity index (χ0) is 9.42. The van der Waals surface area contributed by atoms with E-state index in [2.05, 4.69) is 4.90 Å². The van der Waals surface area contributed by atoms with Crippen molar-refractivity contribution in [1.82, 2.24) is 9.80 Å². The second-order valence-corrected chi connectivity index (χ2v) is 4.02. The molecule has 2 aliphatic heterocycles. The molecule has 0 spiro atoms. The summed E-state index contributed by atoms with van der Waals surface area (Å²) in [5.41, 5.74) is 0. The van der Waals surface area contributed by atoms with Crippen molar-refractivity contribution < 1.29 is 9.90 Å². The van der Waals surface area contributed by atoms with E-state index in [-0.39, 0.29) is 12.0 Å². The minimum atomic E-state index is -0.147. The molecule has 0 saturated carbocycles. The van der Waals surface area contributed by atoms with Gasteiger partial charge in [0.2, 0.25) is 5.91 Å². The predicted octanol–water partition coefficient (Wildman–Crippen LogP) is -0.716. The van der Waals surface area contributed by atoms with E-state index < -0.39 is 0 Å². The molecular formula is C9H16N2O2. The van der Waals surface area contributed by atoms with Crippen molar-refractivity contribution in [1.29, 1.82) is 0 Å². The third-order valence-corrected chi connectivity index (χ3v) is 3.02. The van der Waals surface area contributed by atoms with Crippen LogP contribution in [0.3, 0.4) is 0 Å². The van der Waals surface area contributed by atoms with E-state index >= 15 is 0 Å². The first-order valence-electron chi connectivity index (χ1n) is 4.84. The first kappa shape index (κ1) is 8.97. The van der Waals surface area contributed by atoms with Gasteiger partial charge in [-0.15, -0.1) is 0 Å². The second-order valence-electron chi connectivity index (χ2n) is 4.02. The van der Waals surface area contributed by atoms with Crippen LogP contribution in [0.4, 0.5) is 0 Å². The number of carbonyl (C=O) groups is 1. The Hall–Kier alpha value is -0.610. The highest BCUT2D eigenvalue weighted by Gasteiger charge is 2.36. The molecule has 0 aliphatic carbocycles. The molecule has 13 heavy (non-hydrogen) atoms. The van der Waals surface area contributed by atoms with E-state index in [0.29, 0.717) is 6.04 Å². The van der Waals surface area contributed by atoms with Gasteiger partial charge in [-0.2, -0.15) is 0 Å². The maximum Gasteiger partial charge on any atom is 0.219 e. The standard InChI is InChI=1S/C9H16N2O2/c1-7(12)11-4-8(5-11)10-3-2-9(13)6-10/h8-9,13H,2-6H2,1H3/t9-/m1/s1. The molecule has 1 amide bonds. The Morgan fingerprint density at radius 3 is 2.54 bits per heavy atom. The topological polar surface area (TPSA) is 43.8 Å². The van der Waals surface area contributed by atoms with E-state index in [1.165, 1.54) is 0 Å². The van der Waals surface area contributed by atoms with Gasteiger partial charge < -0.3 is 10.0 Å². The first-order chi connectivity index (χ1) is 6.16. The van der Waals surface area contributed by atoms with Gasteiger partial charge in [0.1, 0.15) is 0 Å². The number of hydrogen-bond acceptors (Lipinski definition) is 3. The number of nitrogens with zero attached hydrogens (tertiary/aromatic N) is 2. The van der Waals surface area contributed by atoms with Gasteiger partial charge in [0, 0.05) is 39.1 Å². The minimum Gasteiger partial charge on any atom is -0.392 e. The number of rotatable bonds is 1. The van der Waals surface area contributed by atoms with Gasteiger partial charge in [0.15, 0.2) is 0 Å². The lowest BCUT2D eigenvalue weighted by atomic mass is 10.1. The molecule has 1 N–H and O–H groups in total. The van der Waals surface area contributed by atoms with Gasteiger partial charge in [-0.25, -0.2) is 0 Å². The van der Waals surface area contributed by atoms with Crippen molar-refractivity contribution >= 4 is 5.91 Å². The van der Waals surface area contributed by atoms with E-state index in [4.69, 9.17) is 0 Å². The lowest BCUT2D eigenvalue weighted by molar-refractivity contribution is -0.135. The van der Waals surface area contributed by atoms with E-state index in [0.717, 1.165) is 32.6 Å². The minimum absolute atomic E-state index is 0.147. The molecular weight excluding hydrogens is 168 g/mol. The lowest BCUT2D eigenvalue weighted by Gasteiger charge is -2.43. The zero-order valence-corrected chi connectivity index (χ0v) is 7.94. The SMILES string of the molecule is CC(=O)N1CC(N2CC[C@@H](O)C2)C1. The molecule has 2 fully saturated rings. The largest absolute Gasteiger partial charge is 0.392 e. The van der Waals surface area contributed by atoms with Crippen LogP contribution < -0.4 is 0 Å². The highest BCUT2D eigenvalue weighted by Crippen LogP contribution is 2.20. The quantitative estimate of drug-likeness (QED) is 0.585. The average molecular weight is 184 g/mol. The summed E-state index contributed by atoms with van der Waals surface area (Å²) < 4.78 is 0. The van der Waals surface area contributed by atoms with Crippen LogP contribution in [0.1, 0.15) is 13.3 Å². The van der Waals surface area contributed by atoms with Crippen molar-refractivity contribution in [2.24, 2.45) is 0 Å². The van der Waals surface area contributed by atoms with Gasteiger partial charge in [0.05, 0.1) is 6.10 Å². The number of β-amino-alcohol motifs (C(OH)–C–C–N with tert-alkyl or cyclic N) is 1. The summed E-state index contributed by atoms with van der Waals surface area (Å²) in [6.45, 7) is 5.08. The van der Waals surface area contributed by atoms with Gasteiger partial charge in [-0.1, -0.05) is 0 Å². The molecule has 4 nitrogen and oxygen atoms in total. The summed E-state index contributed by atoms with van der Waals surface area (Å²) in [4.78, 5) is 15.0. The van der Waals surface area contributed by atoms with Crippen molar-refractivity contribution in [2.45, 2.75) is 25.5 Å². The summed E-state index contributed by atoms with van der Waals surface area (Å²) in [5.74, 6) is 0.163. The highest BCUT2D eigenvalue weighted by atomic mass is 16.3. The van der Waals surface area contributed by atoms with E-state index in [1.54, 1.807) is 6.92 Å². The molecule has 2 aliphatic rings. The highest BCUT2D eigenvalue weighted by molar-refractivity contribution is 5.74. The van der Waals surface area contributed by atoms with Crippen LogP contribution in [-0.4, -0.2) is 59.1 Å². The van der Waals surface area contributed by atoms with Crippen LogP contribution >= 0.6 is 0 Å². The molecule has 4 heteroatoms. The average Bonchev–Trinajstić information content (AvgIpc) is 2.31. The smallest absolute Gasteiger partial charge is 0.219 e. The molecule has 74 valence electrons. The Morgan fingerprint density at radius 2 is 2.08 bits per heavy atom. The number of hydrogen-bond donors (Lipinski definition) is 1. The molecule has 2 rings (SSSR count). The normalized spacial score (nSPS) is 30.6. The van der Waals surface area contributed by atoms with Crippen molar-refractivity contribution in [2.75, 3.05) is 26.2 Å². The Balaban J connectivity index is 1.77. The molecule has 0 bridgehead atoms. The predicted molar refractivity (Wildman–Crippen MR) is 48.2 cm³/mol. The number of amides is 1. The summed E-state index contributed by atoms with van der Waals surface area (Å²) in [7, 11) is 0. The lowest BCUT2D eigenvalue weighted by Crippen LogP contribution is -2.60. The Bertz CT molecular complexity index is 214. The molecule has 0 aromatic carbocycles. The molecule has 2 saturated heterocycles. The Morgan fingerprint density at radius 1 is 1.38 bits per heavy atom. The van der Waals surface area contributed by atoms with Gasteiger partial charge in [-0.3, -0.25) is 9.69 Å². The van der Waals surface area contributed by atoms with Crippen LogP contribution in [0.15, 0.2) is 0 Å². The van der Waals surface area contributed by atoms with Gasteiger partial charge in [-0.05, 0) is 6.42 Å².